The van der Waals surface area contributed by atoms with Gasteiger partial charge in [-0.3, -0.25) is 4.79 Å². The van der Waals surface area contributed by atoms with Gasteiger partial charge in [-0.1, -0.05) is 28.1 Å². The summed E-state index contributed by atoms with van der Waals surface area (Å²) in [6, 6.07) is 13.9. The fourth-order valence-corrected chi connectivity index (χ4v) is 2.74. The second-order valence-corrected chi connectivity index (χ2v) is 6.43. The van der Waals surface area contributed by atoms with E-state index < -0.39 is 0 Å². The van der Waals surface area contributed by atoms with Crippen molar-refractivity contribution in [3.8, 4) is 0 Å². The quantitative estimate of drug-likeness (QED) is 0.575. The molecule has 0 spiro atoms. The van der Waals surface area contributed by atoms with Gasteiger partial charge in [-0.2, -0.15) is 0 Å². The van der Waals surface area contributed by atoms with Gasteiger partial charge in [-0.05, 0) is 55.3 Å². The lowest BCUT2D eigenvalue weighted by Crippen LogP contribution is -2.03. The van der Waals surface area contributed by atoms with Crippen molar-refractivity contribution < 1.29 is 4.79 Å². The zero-order valence-corrected chi connectivity index (χ0v) is 13.3. The highest BCUT2D eigenvalue weighted by Gasteiger charge is 2.07. The third kappa shape index (κ3) is 3.95. The van der Waals surface area contributed by atoms with Gasteiger partial charge in [-0.15, -0.1) is 11.8 Å². The molecule has 0 aliphatic rings. The van der Waals surface area contributed by atoms with Crippen LogP contribution in [0.15, 0.2) is 51.8 Å². The van der Waals surface area contributed by atoms with Crippen LogP contribution in [0.1, 0.15) is 21.5 Å². The number of carbonyl (C=O) groups is 1. The van der Waals surface area contributed by atoms with Crippen LogP contribution in [0.4, 0.5) is 0 Å². The molecule has 0 aliphatic carbocycles. The summed E-state index contributed by atoms with van der Waals surface area (Å²) in [6.45, 7) is 4.09. The Morgan fingerprint density at radius 2 is 1.74 bits per heavy atom. The smallest absolute Gasteiger partial charge is 0.173 e. The summed E-state index contributed by atoms with van der Waals surface area (Å²) in [7, 11) is 0. The summed E-state index contributed by atoms with van der Waals surface area (Å²) in [5.41, 5.74) is 3.18. The number of benzene rings is 2. The molecule has 19 heavy (non-hydrogen) atoms. The molecule has 1 nitrogen and oxygen atoms in total. The van der Waals surface area contributed by atoms with Gasteiger partial charge in [0, 0.05) is 14.9 Å². The first-order valence-corrected chi connectivity index (χ1v) is 7.83. The van der Waals surface area contributed by atoms with Gasteiger partial charge in [0.25, 0.3) is 0 Å². The molecule has 0 heterocycles. The summed E-state index contributed by atoms with van der Waals surface area (Å²) < 4.78 is 1.05. The van der Waals surface area contributed by atoms with Crippen LogP contribution in [0.25, 0.3) is 0 Å². The fraction of sp³-hybridized carbons (Fsp3) is 0.188. The lowest BCUT2D eigenvalue weighted by Gasteiger charge is -2.05. The molecule has 0 atom stereocenters. The fourth-order valence-electron chi connectivity index (χ4n) is 1.68. The van der Waals surface area contributed by atoms with E-state index in [9.17, 15) is 4.79 Å². The predicted molar refractivity (Wildman–Crippen MR) is 85.1 cm³/mol. The molecule has 0 saturated heterocycles. The topological polar surface area (TPSA) is 17.1 Å². The van der Waals surface area contributed by atoms with E-state index in [2.05, 4.69) is 22.9 Å². The molecule has 0 unspecified atom stereocenters. The average Bonchev–Trinajstić information content (AvgIpc) is 2.41. The monoisotopic (exact) mass is 334 g/mol. The molecule has 0 radical (unpaired) electrons. The maximum absolute atomic E-state index is 12.1. The minimum absolute atomic E-state index is 0.177. The SMILES string of the molecule is Cc1ccc(C(=O)CSc2ccc(Br)cc2)cc1C. The normalized spacial score (nSPS) is 10.5. The zero-order valence-electron chi connectivity index (χ0n) is 10.9. The summed E-state index contributed by atoms with van der Waals surface area (Å²) in [5.74, 6) is 0.653. The molecule has 2 aromatic carbocycles. The standard InChI is InChI=1S/C16H15BrOS/c1-11-3-4-13(9-12(11)2)16(18)10-19-15-7-5-14(17)6-8-15/h3-9H,10H2,1-2H3. The molecule has 3 heteroatoms. The molecular formula is C16H15BrOS. The Morgan fingerprint density at radius 1 is 1.05 bits per heavy atom. The van der Waals surface area contributed by atoms with E-state index in [4.69, 9.17) is 0 Å². The van der Waals surface area contributed by atoms with Gasteiger partial charge in [0.05, 0.1) is 5.75 Å². The molecule has 0 aliphatic heterocycles. The Labute approximate surface area is 126 Å². The van der Waals surface area contributed by atoms with Crippen molar-refractivity contribution in [3.63, 3.8) is 0 Å². The van der Waals surface area contributed by atoms with Crippen molar-refractivity contribution in [2.75, 3.05) is 5.75 Å². The molecule has 0 aromatic heterocycles. The van der Waals surface area contributed by atoms with Crippen molar-refractivity contribution in [3.05, 3.63) is 63.6 Å². The van der Waals surface area contributed by atoms with Crippen molar-refractivity contribution in [1.82, 2.24) is 0 Å². The van der Waals surface area contributed by atoms with E-state index in [1.165, 1.54) is 11.1 Å². The van der Waals surface area contributed by atoms with Gasteiger partial charge < -0.3 is 0 Å². The molecule has 2 rings (SSSR count). The van der Waals surface area contributed by atoms with Crippen LogP contribution in [0, 0.1) is 13.8 Å². The number of halogens is 1. The van der Waals surface area contributed by atoms with E-state index in [1.54, 1.807) is 11.8 Å². The lowest BCUT2D eigenvalue weighted by atomic mass is 10.0. The van der Waals surface area contributed by atoms with Crippen LogP contribution in [-0.4, -0.2) is 11.5 Å². The van der Waals surface area contributed by atoms with Crippen LogP contribution in [-0.2, 0) is 0 Å². The Hall–Kier alpha value is -1.06. The minimum atomic E-state index is 0.177. The molecule has 98 valence electrons. The highest BCUT2D eigenvalue weighted by molar-refractivity contribution is 9.10. The Kier molecular flexibility index (Phi) is 4.83. The van der Waals surface area contributed by atoms with Crippen molar-refractivity contribution in [2.24, 2.45) is 0 Å². The first kappa shape index (κ1) is 14.4. The maximum Gasteiger partial charge on any atom is 0.173 e. The number of aryl methyl sites for hydroxylation is 2. The van der Waals surface area contributed by atoms with Crippen LogP contribution in [0.2, 0.25) is 0 Å². The third-order valence-corrected chi connectivity index (χ3v) is 4.55. The lowest BCUT2D eigenvalue weighted by molar-refractivity contribution is 0.102. The van der Waals surface area contributed by atoms with Crippen LogP contribution >= 0.6 is 27.7 Å². The van der Waals surface area contributed by atoms with Gasteiger partial charge >= 0.3 is 0 Å². The van der Waals surface area contributed by atoms with E-state index in [-0.39, 0.29) is 5.78 Å². The van der Waals surface area contributed by atoms with E-state index in [1.807, 2.05) is 49.4 Å². The van der Waals surface area contributed by atoms with E-state index >= 15 is 0 Å². The molecular weight excluding hydrogens is 320 g/mol. The van der Waals surface area contributed by atoms with Crippen molar-refractivity contribution in [2.45, 2.75) is 18.7 Å². The van der Waals surface area contributed by atoms with Gasteiger partial charge in [0.15, 0.2) is 5.78 Å². The van der Waals surface area contributed by atoms with Crippen LogP contribution in [0.3, 0.4) is 0 Å². The molecule has 0 bridgehead atoms. The number of hydrogen-bond acceptors (Lipinski definition) is 2. The van der Waals surface area contributed by atoms with E-state index in [0.29, 0.717) is 5.75 Å². The Balaban J connectivity index is 2.01. The zero-order chi connectivity index (χ0) is 13.8. The molecule has 0 N–H and O–H groups in total. The van der Waals surface area contributed by atoms with Gasteiger partial charge in [-0.25, -0.2) is 0 Å². The van der Waals surface area contributed by atoms with Crippen LogP contribution in [0.5, 0.6) is 0 Å². The summed E-state index contributed by atoms with van der Waals surface area (Å²) in [5, 5.41) is 0. The molecule has 0 amide bonds. The summed E-state index contributed by atoms with van der Waals surface area (Å²) >= 11 is 4.97. The van der Waals surface area contributed by atoms with Crippen molar-refractivity contribution in [1.29, 1.82) is 0 Å². The molecule has 0 fully saturated rings. The number of ketones is 1. The average molecular weight is 335 g/mol. The predicted octanol–water partition coefficient (Wildman–Crippen LogP) is 5.04. The number of rotatable bonds is 4. The van der Waals surface area contributed by atoms with Gasteiger partial charge in [0.2, 0.25) is 0 Å². The number of Topliss-reactive ketones (excluding diaryl/α,β-unsaturated/α-hetero) is 1. The number of carbonyl (C=O) groups excluding carboxylic acids is 1. The first-order chi connectivity index (χ1) is 9.06. The third-order valence-electron chi connectivity index (χ3n) is 3.01. The molecule has 2 aromatic rings. The summed E-state index contributed by atoms with van der Waals surface area (Å²) in [4.78, 5) is 13.2. The Bertz CT molecular complexity index is 590. The number of hydrogen-bond donors (Lipinski definition) is 0. The summed E-state index contributed by atoms with van der Waals surface area (Å²) in [6.07, 6.45) is 0. The number of thioether (sulfide) groups is 1. The van der Waals surface area contributed by atoms with Gasteiger partial charge in [0.1, 0.15) is 0 Å². The highest BCUT2D eigenvalue weighted by Crippen LogP contribution is 2.22. The maximum atomic E-state index is 12.1. The Morgan fingerprint density at radius 3 is 2.37 bits per heavy atom. The first-order valence-electron chi connectivity index (χ1n) is 6.05. The largest absolute Gasteiger partial charge is 0.293 e. The van der Waals surface area contributed by atoms with E-state index in [0.717, 1.165) is 14.9 Å². The van der Waals surface area contributed by atoms with Crippen LogP contribution < -0.4 is 0 Å². The second-order valence-electron chi connectivity index (χ2n) is 4.46. The minimum Gasteiger partial charge on any atom is -0.293 e. The van der Waals surface area contributed by atoms with Crippen molar-refractivity contribution >= 4 is 33.5 Å². The second kappa shape index (κ2) is 6.40. The molecule has 0 saturated carbocycles. The highest BCUT2D eigenvalue weighted by atomic mass is 79.9.